The van der Waals surface area contributed by atoms with Crippen LogP contribution in [0.1, 0.15) is 45.7 Å². The molecule has 0 aliphatic heterocycles. The van der Waals surface area contributed by atoms with Crippen LogP contribution in [0.4, 0.5) is 23.2 Å². The van der Waals surface area contributed by atoms with E-state index in [4.69, 9.17) is 16.0 Å². The predicted molar refractivity (Wildman–Crippen MR) is 146 cm³/mol. The number of rotatable bonds is 6. The number of sulfonamides is 1. The predicted octanol–water partition coefficient (Wildman–Crippen LogP) is 6.15. The molecule has 2 aromatic heterocycles. The molecule has 216 valence electrons. The number of carbonyl (C=O) groups is 1. The van der Waals surface area contributed by atoms with Gasteiger partial charge in [-0.1, -0.05) is 23.7 Å². The molecule has 4 aromatic rings. The van der Waals surface area contributed by atoms with Gasteiger partial charge in [0.05, 0.1) is 28.9 Å². The Labute approximate surface area is 236 Å². The summed E-state index contributed by atoms with van der Waals surface area (Å²) in [6, 6.07) is 7.13. The standard InChI is InChI=1S/C27H22ClF4N3O5S/c1-12-5-6-15(9-19(12)29)24-13(2)23(36)18-11-16(27(30,31)32)10-17(25(18)40-24)14(3)33-20-7-8-21(28)34-22(20)26(37)35-41(4,38)39/h5-11,14,33H,1-4H3,(H,35,37). The van der Waals surface area contributed by atoms with E-state index in [1.54, 1.807) is 11.6 Å². The third-order valence-corrected chi connectivity index (χ3v) is 6.97. The van der Waals surface area contributed by atoms with E-state index in [0.717, 1.165) is 18.4 Å². The number of halogens is 5. The molecule has 0 radical (unpaired) electrons. The van der Waals surface area contributed by atoms with E-state index in [2.05, 4.69) is 10.3 Å². The number of alkyl halides is 3. The lowest BCUT2D eigenvalue weighted by atomic mass is 9.97. The van der Waals surface area contributed by atoms with Crippen LogP contribution in [-0.2, 0) is 16.2 Å². The van der Waals surface area contributed by atoms with Crippen LogP contribution in [0.15, 0.2) is 51.7 Å². The molecule has 0 bridgehead atoms. The van der Waals surface area contributed by atoms with Crippen molar-refractivity contribution in [3.63, 3.8) is 0 Å². The summed E-state index contributed by atoms with van der Waals surface area (Å²) in [6.07, 6.45) is -4.08. The average Bonchev–Trinajstić information content (AvgIpc) is 2.86. The molecule has 0 saturated heterocycles. The molecule has 1 atom stereocenters. The molecular weight excluding hydrogens is 590 g/mol. The normalized spacial score (nSPS) is 12.8. The highest BCUT2D eigenvalue weighted by Gasteiger charge is 2.33. The summed E-state index contributed by atoms with van der Waals surface area (Å²) in [5.41, 5.74) is -2.18. The molecule has 2 aromatic carbocycles. The summed E-state index contributed by atoms with van der Waals surface area (Å²) in [4.78, 5) is 29.8. The van der Waals surface area contributed by atoms with Crippen molar-refractivity contribution in [2.75, 3.05) is 11.6 Å². The first kappa shape index (κ1) is 30.0. The van der Waals surface area contributed by atoms with Gasteiger partial charge in [0.2, 0.25) is 10.0 Å². The van der Waals surface area contributed by atoms with Gasteiger partial charge in [0.25, 0.3) is 5.91 Å². The van der Waals surface area contributed by atoms with Gasteiger partial charge >= 0.3 is 6.18 Å². The molecule has 41 heavy (non-hydrogen) atoms. The zero-order chi connectivity index (χ0) is 30.4. The molecular formula is C27H22ClF4N3O5S. The van der Waals surface area contributed by atoms with Crippen LogP contribution in [0.25, 0.3) is 22.3 Å². The van der Waals surface area contributed by atoms with E-state index in [9.17, 15) is 35.6 Å². The van der Waals surface area contributed by atoms with Gasteiger partial charge in [-0.3, -0.25) is 9.59 Å². The number of pyridine rings is 1. The second-order valence-corrected chi connectivity index (χ2v) is 11.5. The molecule has 0 spiro atoms. The van der Waals surface area contributed by atoms with Gasteiger partial charge in [0.1, 0.15) is 22.3 Å². The lowest BCUT2D eigenvalue weighted by Gasteiger charge is -2.21. The highest BCUT2D eigenvalue weighted by molar-refractivity contribution is 7.89. The van der Waals surface area contributed by atoms with E-state index in [1.165, 1.54) is 38.1 Å². The van der Waals surface area contributed by atoms with Crippen molar-refractivity contribution in [3.05, 3.63) is 91.6 Å². The van der Waals surface area contributed by atoms with Crippen LogP contribution in [0.3, 0.4) is 0 Å². The van der Waals surface area contributed by atoms with Crippen molar-refractivity contribution in [2.24, 2.45) is 0 Å². The Hall–Kier alpha value is -3.97. The second-order valence-electron chi connectivity index (χ2n) is 9.39. The molecule has 8 nitrogen and oxygen atoms in total. The van der Waals surface area contributed by atoms with Gasteiger partial charge in [0.15, 0.2) is 11.1 Å². The summed E-state index contributed by atoms with van der Waals surface area (Å²) < 4.78 is 87.0. The third-order valence-electron chi connectivity index (χ3n) is 6.20. The van der Waals surface area contributed by atoms with Gasteiger partial charge in [0, 0.05) is 16.7 Å². The lowest BCUT2D eigenvalue weighted by molar-refractivity contribution is -0.137. The SMILES string of the molecule is Cc1ccc(-c2oc3c(C(C)Nc4ccc(Cl)nc4C(=O)NS(C)(=O)=O)cc(C(F)(F)F)cc3c(=O)c2C)cc1F. The Morgan fingerprint density at radius 2 is 1.78 bits per heavy atom. The number of aryl methyl sites for hydroxylation is 1. The maximum absolute atomic E-state index is 14.3. The summed E-state index contributed by atoms with van der Waals surface area (Å²) in [7, 11) is -3.99. The lowest BCUT2D eigenvalue weighted by Crippen LogP contribution is -2.31. The van der Waals surface area contributed by atoms with E-state index in [-0.39, 0.29) is 44.3 Å². The summed E-state index contributed by atoms with van der Waals surface area (Å²) in [5.74, 6) is -1.73. The van der Waals surface area contributed by atoms with Crippen molar-refractivity contribution in [2.45, 2.75) is 33.0 Å². The van der Waals surface area contributed by atoms with Crippen molar-refractivity contribution in [3.8, 4) is 11.3 Å². The Kier molecular flexibility index (Phi) is 7.89. The minimum atomic E-state index is -4.83. The molecule has 0 aliphatic carbocycles. The fraction of sp³-hybridized carbons (Fsp3) is 0.222. The molecule has 0 saturated carbocycles. The average molecular weight is 612 g/mol. The Balaban J connectivity index is 1.93. The van der Waals surface area contributed by atoms with Crippen molar-refractivity contribution in [1.29, 1.82) is 0 Å². The first-order chi connectivity index (χ1) is 19.0. The fourth-order valence-corrected chi connectivity index (χ4v) is 4.75. The monoisotopic (exact) mass is 611 g/mol. The minimum absolute atomic E-state index is 0.0201. The van der Waals surface area contributed by atoms with E-state index >= 15 is 0 Å². The number of fused-ring (bicyclic) bond motifs is 1. The van der Waals surface area contributed by atoms with Crippen molar-refractivity contribution < 1.29 is 35.2 Å². The zero-order valence-electron chi connectivity index (χ0n) is 21.9. The van der Waals surface area contributed by atoms with Crippen LogP contribution in [0.5, 0.6) is 0 Å². The zero-order valence-corrected chi connectivity index (χ0v) is 23.5. The number of hydrogen-bond acceptors (Lipinski definition) is 7. The Morgan fingerprint density at radius 1 is 1.10 bits per heavy atom. The highest BCUT2D eigenvalue weighted by Crippen LogP contribution is 2.37. The quantitative estimate of drug-likeness (QED) is 0.198. The molecule has 14 heteroatoms. The Bertz CT molecular complexity index is 1870. The summed E-state index contributed by atoms with van der Waals surface area (Å²) in [6.45, 7) is 4.35. The largest absolute Gasteiger partial charge is 0.455 e. The van der Waals surface area contributed by atoms with Gasteiger partial charge < -0.3 is 9.73 Å². The Morgan fingerprint density at radius 3 is 2.39 bits per heavy atom. The number of hydrogen-bond donors (Lipinski definition) is 2. The number of nitrogens with zero attached hydrogens (tertiary/aromatic N) is 1. The van der Waals surface area contributed by atoms with E-state index in [1.807, 2.05) is 0 Å². The van der Waals surface area contributed by atoms with Crippen LogP contribution in [0.2, 0.25) is 5.15 Å². The number of amides is 1. The maximum Gasteiger partial charge on any atom is 0.416 e. The molecule has 2 heterocycles. The topological polar surface area (TPSA) is 118 Å². The number of nitrogens with one attached hydrogen (secondary N) is 2. The summed E-state index contributed by atoms with van der Waals surface area (Å²) >= 11 is 5.89. The molecule has 4 rings (SSSR count). The molecule has 0 fully saturated rings. The maximum atomic E-state index is 14.3. The van der Waals surface area contributed by atoms with Crippen LogP contribution >= 0.6 is 11.6 Å². The first-order valence-electron chi connectivity index (χ1n) is 11.9. The molecule has 1 amide bonds. The fourth-order valence-electron chi connectivity index (χ4n) is 4.17. The second kappa shape index (κ2) is 10.8. The number of anilines is 1. The number of carbonyl (C=O) groups excluding carboxylic acids is 1. The molecule has 2 N–H and O–H groups in total. The molecule has 0 aliphatic rings. The van der Waals surface area contributed by atoms with Crippen molar-refractivity contribution >= 4 is 44.2 Å². The van der Waals surface area contributed by atoms with Crippen LogP contribution in [0, 0.1) is 19.7 Å². The van der Waals surface area contributed by atoms with Gasteiger partial charge in [-0.05, 0) is 56.7 Å². The van der Waals surface area contributed by atoms with Gasteiger partial charge in [-0.2, -0.15) is 13.2 Å². The van der Waals surface area contributed by atoms with Gasteiger partial charge in [-0.25, -0.2) is 22.5 Å². The number of benzene rings is 2. The number of aromatic nitrogens is 1. The van der Waals surface area contributed by atoms with Gasteiger partial charge in [-0.15, -0.1) is 0 Å². The highest BCUT2D eigenvalue weighted by atomic mass is 35.5. The smallest absolute Gasteiger partial charge is 0.416 e. The van der Waals surface area contributed by atoms with Crippen LogP contribution < -0.4 is 15.5 Å². The first-order valence-corrected chi connectivity index (χ1v) is 14.1. The molecule has 1 unspecified atom stereocenters. The van der Waals surface area contributed by atoms with Crippen molar-refractivity contribution in [1.82, 2.24) is 9.71 Å². The third kappa shape index (κ3) is 6.35. The van der Waals surface area contributed by atoms with E-state index < -0.39 is 50.7 Å². The minimum Gasteiger partial charge on any atom is -0.455 e. The van der Waals surface area contributed by atoms with Crippen LogP contribution in [-0.4, -0.2) is 25.6 Å². The summed E-state index contributed by atoms with van der Waals surface area (Å²) in [5, 5.41) is 2.33. The van der Waals surface area contributed by atoms with E-state index in [0.29, 0.717) is 11.6 Å².